The lowest BCUT2D eigenvalue weighted by Gasteiger charge is -2.19. The van der Waals surface area contributed by atoms with Gasteiger partial charge in [0.15, 0.2) is 0 Å². The van der Waals surface area contributed by atoms with Crippen molar-refractivity contribution in [2.24, 2.45) is 5.92 Å². The Morgan fingerprint density at radius 3 is 2.43 bits per heavy atom. The molecule has 7 heteroatoms. The van der Waals surface area contributed by atoms with Crippen LogP contribution in [0.25, 0.3) is 0 Å². The van der Waals surface area contributed by atoms with Gasteiger partial charge in [0.05, 0.1) is 24.0 Å². The van der Waals surface area contributed by atoms with Gasteiger partial charge in [-0.1, -0.05) is 43.7 Å². The summed E-state index contributed by atoms with van der Waals surface area (Å²) >= 11 is 0. The molecule has 0 radical (unpaired) electrons. The van der Waals surface area contributed by atoms with Gasteiger partial charge in [-0.15, -0.1) is 0 Å². The Labute approximate surface area is 166 Å². The Morgan fingerprint density at radius 2 is 1.82 bits per heavy atom. The van der Waals surface area contributed by atoms with Gasteiger partial charge in [-0.3, -0.25) is 4.79 Å². The molecule has 2 N–H and O–H groups in total. The molecule has 28 heavy (non-hydrogen) atoms. The van der Waals surface area contributed by atoms with E-state index in [-0.39, 0.29) is 11.3 Å². The second-order valence-electron chi connectivity index (χ2n) is 7.19. The third-order valence-corrected chi connectivity index (χ3v) is 5.72. The van der Waals surface area contributed by atoms with Gasteiger partial charge in [0.1, 0.15) is 5.75 Å². The molecule has 2 aromatic carbocycles. The maximum Gasteiger partial charge on any atom is 0.305 e. The second-order valence-corrected chi connectivity index (χ2v) is 8.90. The number of nitrogens with one attached hydrogen (secondary N) is 1. The van der Waals surface area contributed by atoms with Crippen molar-refractivity contribution in [1.29, 1.82) is 0 Å². The van der Waals surface area contributed by atoms with E-state index >= 15 is 0 Å². The van der Waals surface area contributed by atoms with E-state index in [0.717, 1.165) is 12.0 Å². The summed E-state index contributed by atoms with van der Waals surface area (Å²) < 4.78 is 33.6. The Bertz CT molecular complexity index is 891. The molecule has 2 rings (SSSR count). The number of ether oxygens (including phenoxy) is 1. The minimum absolute atomic E-state index is 0.0952. The zero-order chi connectivity index (χ0) is 20.7. The second kappa shape index (κ2) is 9.71. The fraction of sp³-hybridized carbons (Fsp3) is 0.381. The Balaban J connectivity index is 2.23. The number of hydrogen-bond donors (Lipinski definition) is 2. The third-order valence-electron chi connectivity index (χ3n) is 4.23. The van der Waals surface area contributed by atoms with Crippen LogP contribution in [0.1, 0.15) is 43.9 Å². The Morgan fingerprint density at radius 1 is 1.14 bits per heavy atom. The summed E-state index contributed by atoms with van der Waals surface area (Å²) in [6, 6.07) is 12.4. The van der Waals surface area contributed by atoms with E-state index in [9.17, 15) is 18.3 Å². The van der Waals surface area contributed by atoms with Crippen molar-refractivity contribution in [2.45, 2.75) is 44.6 Å². The maximum absolute atomic E-state index is 12.7. The number of carbonyl (C=O) groups is 1. The summed E-state index contributed by atoms with van der Waals surface area (Å²) in [5.41, 5.74) is 1.48. The van der Waals surface area contributed by atoms with Crippen molar-refractivity contribution in [3.05, 3.63) is 59.7 Å². The maximum atomic E-state index is 12.7. The summed E-state index contributed by atoms with van der Waals surface area (Å²) in [5, 5.41) is 9.25. The minimum Gasteiger partial charge on any atom is -0.494 e. The number of aryl methyl sites for hydroxylation is 1. The van der Waals surface area contributed by atoms with Crippen LogP contribution in [-0.4, -0.2) is 26.1 Å². The molecule has 1 atom stereocenters. The molecule has 6 nitrogen and oxygen atoms in total. The summed E-state index contributed by atoms with van der Waals surface area (Å²) in [7, 11) is -3.87. The van der Waals surface area contributed by atoms with Crippen LogP contribution in [0.4, 0.5) is 0 Å². The van der Waals surface area contributed by atoms with Crippen LogP contribution in [0.15, 0.2) is 53.4 Å². The van der Waals surface area contributed by atoms with E-state index in [2.05, 4.69) is 18.6 Å². The SMILES string of the molecule is Cc1ccc(S(=O)(=O)N[C@@H](CC(=O)O)c2cccc(OCCC(C)C)c2)cc1. The fourth-order valence-corrected chi connectivity index (χ4v) is 3.83. The number of hydrogen-bond acceptors (Lipinski definition) is 4. The lowest BCUT2D eigenvalue weighted by molar-refractivity contribution is -0.137. The summed E-state index contributed by atoms with van der Waals surface area (Å²) in [4.78, 5) is 11.4. The van der Waals surface area contributed by atoms with Gasteiger partial charge >= 0.3 is 5.97 Å². The first kappa shape index (κ1) is 21.9. The lowest BCUT2D eigenvalue weighted by atomic mass is 10.0. The molecule has 2 aromatic rings. The summed E-state index contributed by atoms with van der Waals surface area (Å²) in [5.74, 6) is -0.00457. The summed E-state index contributed by atoms with van der Waals surface area (Å²) in [6.07, 6.45) is 0.517. The average molecular weight is 406 g/mol. The number of carboxylic acid groups (broad SMARTS) is 1. The van der Waals surface area contributed by atoms with Crippen LogP contribution in [-0.2, 0) is 14.8 Å². The fourth-order valence-electron chi connectivity index (χ4n) is 2.61. The molecule has 0 saturated carbocycles. The van der Waals surface area contributed by atoms with Crippen molar-refractivity contribution in [2.75, 3.05) is 6.61 Å². The molecule has 0 bridgehead atoms. The Hall–Kier alpha value is -2.38. The van der Waals surface area contributed by atoms with Crippen molar-refractivity contribution < 1.29 is 23.1 Å². The van der Waals surface area contributed by atoms with Gasteiger partial charge in [0.2, 0.25) is 10.0 Å². The van der Waals surface area contributed by atoms with Crippen LogP contribution in [0.5, 0.6) is 5.75 Å². The van der Waals surface area contributed by atoms with Crippen LogP contribution in [0.2, 0.25) is 0 Å². The Kier molecular flexibility index (Phi) is 7.60. The zero-order valence-electron chi connectivity index (χ0n) is 16.4. The number of aliphatic carboxylic acids is 1. The van der Waals surface area contributed by atoms with E-state index in [4.69, 9.17) is 4.74 Å². The molecule has 0 aliphatic carbocycles. The molecule has 0 amide bonds. The summed E-state index contributed by atoms with van der Waals surface area (Å²) in [6.45, 7) is 6.60. The van der Waals surface area contributed by atoms with Crippen LogP contribution >= 0.6 is 0 Å². The molecule has 0 spiro atoms. The molecule has 0 aliphatic heterocycles. The van der Waals surface area contributed by atoms with E-state index in [0.29, 0.717) is 23.8 Å². The topological polar surface area (TPSA) is 92.7 Å². The molecule has 0 heterocycles. The van der Waals surface area contributed by atoms with Crippen molar-refractivity contribution in [3.63, 3.8) is 0 Å². The van der Waals surface area contributed by atoms with Gasteiger partial charge in [0, 0.05) is 0 Å². The van der Waals surface area contributed by atoms with Crippen molar-refractivity contribution in [3.8, 4) is 5.75 Å². The molecular weight excluding hydrogens is 378 g/mol. The molecular formula is C21H27NO5S. The largest absolute Gasteiger partial charge is 0.494 e. The number of sulfonamides is 1. The first-order valence-corrected chi connectivity index (χ1v) is 10.7. The highest BCUT2D eigenvalue weighted by Gasteiger charge is 2.24. The predicted molar refractivity (Wildman–Crippen MR) is 108 cm³/mol. The molecule has 152 valence electrons. The quantitative estimate of drug-likeness (QED) is 0.625. The van der Waals surface area contributed by atoms with Gasteiger partial charge in [-0.25, -0.2) is 13.1 Å². The van der Waals surface area contributed by atoms with Gasteiger partial charge in [0.25, 0.3) is 0 Å². The first-order valence-electron chi connectivity index (χ1n) is 9.21. The van der Waals surface area contributed by atoms with Crippen LogP contribution in [0.3, 0.4) is 0 Å². The highest BCUT2D eigenvalue weighted by Crippen LogP contribution is 2.24. The first-order chi connectivity index (χ1) is 13.2. The van der Waals surface area contributed by atoms with Gasteiger partial charge < -0.3 is 9.84 Å². The third kappa shape index (κ3) is 6.65. The van der Waals surface area contributed by atoms with E-state index in [1.54, 1.807) is 36.4 Å². The molecule has 0 aliphatic rings. The number of benzene rings is 2. The zero-order valence-corrected chi connectivity index (χ0v) is 17.2. The van der Waals surface area contributed by atoms with Gasteiger partial charge in [-0.05, 0) is 49.1 Å². The highest BCUT2D eigenvalue weighted by molar-refractivity contribution is 7.89. The predicted octanol–water partition coefficient (Wildman–Crippen LogP) is 3.91. The molecule has 0 aromatic heterocycles. The molecule has 0 unspecified atom stereocenters. The van der Waals surface area contributed by atoms with E-state index in [1.165, 1.54) is 12.1 Å². The standard InChI is InChI=1S/C21H27NO5S/c1-15(2)11-12-27-18-6-4-5-17(13-18)20(14-21(23)24)22-28(25,26)19-9-7-16(3)8-10-19/h4-10,13,15,20,22H,11-12,14H2,1-3H3,(H,23,24)/t20-/m0/s1. The monoisotopic (exact) mass is 405 g/mol. The van der Waals surface area contributed by atoms with Gasteiger partial charge in [-0.2, -0.15) is 0 Å². The average Bonchev–Trinajstić information content (AvgIpc) is 2.61. The normalized spacial score (nSPS) is 12.7. The van der Waals surface area contributed by atoms with E-state index < -0.39 is 22.0 Å². The van der Waals surface area contributed by atoms with Crippen molar-refractivity contribution in [1.82, 2.24) is 4.72 Å². The molecule has 0 saturated heterocycles. The van der Waals surface area contributed by atoms with E-state index in [1.807, 2.05) is 6.92 Å². The molecule has 0 fully saturated rings. The number of rotatable bonds is 10. The minimum atomic E-state index is -3.87. The number of carboxylic acids is 1. The smallest absolute Gasteiger partial charge is 0.305 e. The van der Waals surface area contributed by atoms with Crippen LogP contribution in [0, 0.1) is 12.8 Å². The highest BCUT2D eigenvalue weighted by atomic mass is 32.2. The lowest BCUT2D eigenvalue weighted by Crippen LogP contribution is -2.30. The van der Waals surface area contributed by atoms with Crippen molar-refractivity contribution >= 4 is 16.0 Å². The van der Waals surface area contributed by atoms with Crippen LogP contribution < -0.4 is 9.46 Å².